The van der Waals surface area contributed by atoms with Gasteiger partial charge in [0.05, 0.1) is 16.9 Å². The number of halogens is 3. The molecule has 0 fully saturated rings. The van der Waals surface area contributed by atoms with Gasteiger partial charge in [0.1, 0.15) is 12.1 Å². The van der Waals surface area contributed by atoms with E-state index in [9.17, 15) is 22.8 Å². The monoisotopic (exact) mass is 405 g/mol. The number of carbonyl (C=O) groups excluding carboxylic acids is 2. The van der Waals surface area contributed by atoms with E-state index in [4.69, 9.17) is 0 Å². The van der Waals surface area contributed by atoms with Crippen LogP contribution in [0.15, 0.2) is 42.7 Å². The first kappa shape index (κ1) is 20.3. The van der Waals surface area contributed by atoms with Crippen LogP contribution in [0.3, 0.4) is 0 Å². The molecule has 152 valence electrons. The van der Waals surface area contributed by atoms with Crippen molar-refractivity contribution in [2.75, 3.05) is 18.4 Å². The molecule has 29 heavy (non-hydrogen) atoms. The highest BCUT2D eigenvalue weighted by Crippen LogP contribution is 2.34. The number of amides is 2. The molecular formula is C19H18F3N5O2. The molecule has 0 atom stereocenters. The third kappa shape index (κ3) is 4.20. The average Bonchev–Trinajstić information content (AvgIpc) is 3.00. The number of hydrogen-bond acceptors (Lipinski definition) is 4. The lowest BCUT2D eigenvalue weighted by Gasteiger charge is -2.21. The van der Waals surface area contributed by atoms with Crippen LogP contribution in [0.2, 0.25) is 0 Å². The first-order valence-electron chi connectivity index (χ1n) is 8.77. The zero-order valence-electron chi connectivity index (χ0n) is 15.7. The van der Waals surface area contributed by atoms with E-state index in [2.05, 4.69) is 15.4 Å². The van der Waals surface area contributed by atoms with Crippen molar-refractivity contribution in [2.24, 2.45) is 0 Å². The van der Waals surface area contributed by atoms with Crippen molar-refractivity contribution in [1.29, 1.82) is 0 Å². The van der Waals surface area contributed by atoms with Gasteiger partial charge in [0.15, 0.2) is 5.65 Å². The summed E-state index contributed by atoms with van der Waals surface area (Å²) >= 11 is 0. The molecule has 0 unspecified atom stereocenters. The van der Waals surface area contributed by atoms with E-state index in [0.29, 0.717) is 11.3 Å². The third-order valence-electron chi connectivity index (χ3n) is 4.29. The average molecular weight is 405 g/mol. The first-order valence-corrected chi connectivity index (χ1v) is 8.77. The smallest absolute Gasteiger partial charge is 0.329 e. The van der Waals surface area contributed by atoms with Crippen molar-refractivity contribution in [3.63, 3.8) is 0 Å². The molecule has 0 bridgehead atoms. The van der Waals surface area contributed by atoms with E-state index in [1.54, 1.807) is 26.1 Å². The molecule has 10 heteroatoms. The summed E-state index contributed by atoms with van der Waals surface area (Å²) in [4.78, 5) is 30.7. The molecular weight excluding hydrogens is 387 g/mol. The Balaban J connectivity index is 1.81. The van der Waals surface area contributed by atoms with Gasteiger partial charge in [-0.05, 0) is 32.0 Å². The molecule has 0 saturated carbocycles. The zero-order chi connectivity index (χ0) is 21.2. The van der Waals surface area contributed by atoms with E-state index < -0.39 is 30.1 Å². The highest BCUT2D eigenvalue weighted by Gasteiger charge is 2.34. The fraction of sp³-hybridized carbons (Fsp3) is 0.263. The van der Waals surface area contributed by atoms with Crippen LogP contribution in [0.25, 0.3) is 5.65 Å². The minimum Gasteiger partial charge on any atom is -0.329 e. The van der Waals surface area contributed by atoms with Gasteiger partial charge in [-0.1, -0.05) is 12.1 Å². The minimum absolute atomic E-state index is 0.177. The van der Waals surface area contributed by atoms with Crippen LogP contribution in [0, 0.1) is 6.92 Å². The van der Waals surface area contributed by atoms with E-state index in [1.165, 1.54) is 27.7 Å². The summed E-state index contributed by atoms with van der Waals surface area (Å²) in [6, 6.07) is 6.34. The van der Waals surface area contributed by atoms with Gasteiger partial charge in [-0.2, -0.15) is 18.3 Å². The molecule has 2 aromatic heterocycles. The maximum absolute atomic E-state index is 13.1. The lowest BCUT2D eigenvalue weighted by Crippen LogP contribution is -2.38. The molecule has 3 aromatic rings. The number of hydrogen-bond donors (Lipinski definition) is 1. The quantitative estimate of drug-likeness (QED) is 0.707. The number of benzene rings is 1. The van der Waals surface area contributed by atoms with Crippen molar-refractivity contribution in [3.05, 3.63) is 59.5 Å². The summed E-state index contributed by atoms with van der Waals surface area (Å²) in [7, 11) is 0. The standard InChI is InChI=1S/C19H18F3N5O2/c1-3-26(18(29)16-12(2)25-27-10-6-9-23-17(16)27)11-15(28)24-14-8-5-4-7-13(14)19(20,21)22/h4-10H,3,11H2,1-2H3,(H,24,28). The Bertz CT molecular complexity index is 1060. The molecule has 7 nitrogen and oxygen atoms in total. The molecule has 2 amide bonds. The molecule has 2 heterocycles. The Hall–Kier alpha value is -3.43. The number of fused-ring (bicyclic) bond motifs is 1. The molecule has 1 N–H and O–H groups in total. The minimum atomic E-state index is -4.61. The second-order valence-corrected chi connectivity index (χ2v) is 6.26. The van der Waals surface area contributed by atoms with Gasteiger partial charge in [-0.25, -0.2) is 9.50 Å². The van der Waals surface area contributed by atoms with E-state index in [-0.39, 0.29) is 17.8 Å². The van der Waals surface area contributed by atoms with Crippen LogP contribution in [-0.4, -0.2) is 44.4 Å². The lowest BCUT2D eigenvalue weighted by molar-refractivity contribution is -0.137. The largest absolute Gasteiger partial charge is 0.418 e. The summed E-state index contributed by atoms with van der Waals surface area (Å²) in [6.45, 7) is 3.08. The molecule has 0 spiro atoms. The first-order chi connectivity index (χ1) is 13.7. The topological polar surface area (TPSA) is 79.6 Å². The summed E-state index contributed by atoms with van der Waals surface area (Å²) < 4.78 is 40.8. The van der Waals surface area contributed by atoms with Crippen LogP contribution in [-0.2, 0) is 11.0 Å². The summed E-state index contributed by atoms with van der Waals surface area (Å²) in [6.07, 6.45) is -1.45. The Morgan fingerprint density at radius 1 is 1.21 bits per heavy atom. The molecule has 0 saturated heterocycles. The summed E-state index contributed by atoms with van der Waals surface area (Å²) in [5.41, 5.74) is -0.282. The molecule has 0 aliphatic rings. The normalized spacial score (nSPS) is 11.5. The lowest BCUT2D eigenvalue weighted by atomic mass is 10.1. The van der Waals surface area contributed by atoms with Gasteiger partial charge >= 0.3 is 6.18 Å². The van der Waals surface area contributed by atoms with Crippen molar-refractivity contribution < 1.29 is 22.8 Å². The Morgan fingerprint density at radius 2 is 1.93 bits per heavy atom. The third-order valence-corrected chi connectivity index (χ3v) is 4.29. The van der Waals surface area contributed by atoms with Crippen molar-refractivity contribution in [2.45, 2.75) is 20.0 Å². The second kappa shape index (κ2) is 7.90. The van der Waals surface area contributed by atoms with Crippen molar-refractivity contribution in [3.8, 4) is 0 Å². The van der Waals surface area contributed by atoms with E-state index in [0.717, 1.165) is 12.1 Å². The number of aromatic nitrogens is 3. The fourth-order valence-electron chi connectivity index (χ4n) is 2.93. The number of rotatable bonds is 5. The number of nitrogens with one attached hydrogen (secondary N) is 1. The van der Waals surface area contributed by atoms with Crippen LogP contribution in [0.5, 0.6) is 0 Å². The van der Waals surface area contributed by atoms with E-state index >= 15 is 0 Å². The van der Waals surface area contributed by atoms with Crippen LogP contribution in [0.4, 0.5) is 18.9 Å². The van der Waals surface area contributed by atoms with Crippen molar-refractivity contribution >= 4 is 23.1 Å². The van der Waals surface area contributed by atoms with Crippen LogP contribution in [0.1, 0.15) is 28.5 Å². The predicted octanol–water partition coefficient (Wildman–Crippen LogP) is 3.16. The summed E-state index contributed by atoms with van der Waals surface area (Å²) in [5, 5.41) is 6.46. The number of carbonyl (C=O) groups is 2. The maximum atomic E-state index is 13.1. The predicted molar refractivity (Wildman–Crippen MR) is 99.4 cm³/mol. The number of nitrogens with zero attached hydrogens (tertiary/aromatic N) is 4. The SMILES string of the molecule is CCN(CC(=O)Nc1ccccc1C(F)(F)F)C(=O)c1c(C)nn2cccnc12. The Morgan fingerprint density at radius 3 is 2.62 bits per heavy atom. The van der Waals surface area contributed by atoms with E-state index in [1.807, 2.05) is 0 Å². The van der Waals surface area contributed by atoms with Crippen molar-refractivity contribution in [1.82, 2.24) is 19.5 Å². The number of para-hydroxylation sites is 1. The Labute approximate surface area is 164 Å². The van der Waals surface area contributed by atoms with Gasteiger partial charge in [-0.3, -0.25) is 9.59 Å². The van der Waals surface area contributed by atoms with Gasteiger partial charge in [0, 0.05) is 18.9 Å². The van der Waals surface area contributed by atoms with Crippen LogP contribution >= 0.6 is 0 Å². The highest BCUT2D eigenvalue weighted by molar-refractivity contribution is 6.03. The van der Waals surface area contributed by atoms with Crippen LogP contribution < -0.4 is 5.32 Å². The number of alkyl halides is 3. The molecule has 3 rings (SSSR count). The number of aryl methyl sites for hydroxylation is 1. The van der Waals surface area contributed by atoms with Gasteiger partial charge in [0.2, 0.25) is 5.91 Å². The zero-order valence-corrected chi connectivity index (χ0v) is 15.7. The molecule has 0 radical (unpaired) electrons. The number of likely N-dealkylation sites (N-methyl/N-ethyl adjacent to an activating group) is 1. The van der Waals surface area contributed by atoms with Gasteiger partial charge < -0.3 is 10.2 Å². The summed E-state index contributed by atoms with van der Waals surface area (Å²) in [5.74, 6) is -1.21. The molecule has 0 aliphatic heterocycles. The molecule has 0 aliphatic carbocycles. The second-order valence-electron chi connectivity index (χ2n) is 6.26. The number of anilines is 1. The Kier molecular flexibility index (Phi) is 5.53. The van der Waals surface area contributed by atoms with Gasteiger partial charge in [-0.15, -0.1) is 0 Å². The molecule has 1 aromatic carbocycles. The highest BCUT2D eigenvalue weighted by atomic mass is 19.4. The maximum Gasteiger partial charge on any atom is 0.418 e. The van der Waals surface area contributed by atoms with Gasteiger partial charge in [0.25, 0.3) is 5.91 Å². The fourth-order valence-corrected chi connectivity index (χ4v) is 2.93.